The minimum absolute atomic E-state index is 0.385. The third kappa shape index (κ3) is 2.75. The summed E-state index contributed by atoms with van der Waals surface area (Å²) >= 11 is 5.89. The molecular weight excluding hydrogens is 320 g/mol. The molecule has 1 aromatic heterocycles. The number of nitrogens with one attached hydrogen (secondary N) is 2. The van der Waals surface area contributed by atoms with Gasteiger partial charge in [0.15, 0.2) is 0 Å². The molecule has 2 N–H and O–H groups in total. The van der Waals surface area contributed by atoms with Crippen molar-refractivity contribution in [3.05, 3.63) is 35.6 Å². The van der Waals surface area contributed by atoms with Gasteiger partial charge in [-0.25, -0.2) is 0 Å². The summed E-state index contributed by atoms with van der Waals surface area (Å²) in [5.74, 6) is -0.755. The first-order chi connectivity index (χ1) is 10.9. The number of fused-ring (bicyclic) bond motifs is 1. The minimum atomic E-state index is -1.69. The van der Waals surface area contributed by atoms with Crippen LogP contribution in [0.5, 0.6) is 5.75 Å². The van der Waals surface area contributed by atoms with Crippen molar-refractivity contribution in [2.45, 2.75) is 26.0 Å². The van der Waals surface area contributed by atoms with E-state index < -0.39 is 17.4 Å². The van der Waals surface area contributed by atoms with E-state index in [4.69, 9.17) is 16.3 Å². The first-order valence-electron chi connectivity index (χ1n) is 7.06. The van der Waals surface area contributed by atoms with Gasteiger partial charge in [0, 0.05) is 17.8 Å². The molecule has 0 bridgehead atoms. The summed E-state index contributed by atoms with van der Waals surface area (Å²) in [5.41, 5.74) is -0.752. The van der Waals surface area contributed by atoms with Crippen molar-refractivity contribution in [3.63, 3.8) is 0 Å². The van der Waals surface area contributed by atoms with E-state index in [0.717, 1.165) is 0 Å². The number of halogens is 1. The van der Waals surface area contributed by atoms with Crippen molar-refractivity contribution in [2.75, 3.05) is 10.6 Å². The number of benzene rings is 1. The number of ether oxygens (including phenoxy) is 1. The van der Waals surface area contributed by atoms with Gasteiger partial charge in [-0.05, 0) is 32.0 Å². The molecule has 0 spiro atoms. The number of aromatic nitrogens is 2. The summed E-state index contributed by atoms with van der Waals surface area (Å²) in [6, 6.07) is 4.80. The molecule has 2 aromatic rings. The second kappa shape index (κ2) is 5.58. The van der Waals surface area contributed by atoms with Gasteiger partial charge in [-0.3, -0.25) is 14.3 Å². The van der Waals surface area contributed by atoms with Crippen LogP contribution in [0.1, 0.15) is 13.8 Å². The van der Waals surface area contributed by atoms with Gasteiger partial charge in [0.25, 0.3) is 17.4 Å². The lowest BCUT2D eigenvalue weighted by Crippen LogP contribution is -2.56. The molecular formula is C15H15ClN4O3. The SMILES string of the molecule is CCn1cc(NC(=O)[C@]2(C)Oc3ccc(Cl)cc3NC2=O)cn1. The average molecular weight is 335 g/mol. The lowest BCUT2D eigenvalue weighted by molar-refractivity contribution is -0.143. The molecule has 0 unspecified atom stereocenters. The Kier molecular flexibility index (Phi) is 3.73. The first kappa shape index (κ1) is 15.4. The molecule has 0 saturated heterocycles. The van der Waals surface area contributed by atoms with Crippen LogP contribution >= 0.6 is 11.6 Å². The summed E-state index contributed by atoms with van der Waals surface area (Å²) in [6.07, 6.45) is 3.19. The zero-order valence-electron chi connectivity index (χ0n) is 12.6. The van der Waals surface area contributed by atoms with Gasteiger partial charge in [-0.15, -0.1) is 0 Å². The van der Waals surface area contributed by atoms with Gasteiger partial charge >= 0.3 is 0 Å². The molecule has 1 aliphatic rings. The van der Waals surface area contributed by atoms with Gasteiger partial charge in [0.05, 0.1) is 17.6 Å². The number of hydrogen-bond acceptors (Lipinski definition) is 4. The molecule has 0 radical (unpaired) electrons. The van der Waals surface area contributed by atoms with Crippen molar-refractivity contribution in [2.24, 2.45) is 0 Å². The molecule has 8 heteroatoms. The van der Waals surface area contributed by atoms with Gasteiger partial charge in [-0.1, -0.05) is 11.6 Å². The second-order valence-corrected chi connectivity index (χ2v) is 5.71. The summed E-state index contributed by atoms with van der Waals surface area (Å²) in [4.78, 5) is 24.8. The van der Waals surface area contributed by atoms with E-state index in [2.05, 4.69) is 15.7 Å². The third-order valence-corrected chi connectivity index (χ3v) is 3.82. The summed E-state index contributed by atoms with van der Waals surface area (Å²) < 4.78 is 7.31. The van der Waals surface area contributed by atoms with E-state index in [9.17, 15) is 9.59 Å². The summed E-state index contributed by atoms with van der Waals surface area (Å²) in [5, 5.41) is 9.82. The van der Waals surface area contributed by atoms with Crippen LogP contribution in [0.25, 0.3) is 0 Å². The van der Waals surface area contributed by atoms with E-state index in [-0.39, 0.29) is 0 Å². The number of rotatable bonds is 3. The zero-order valence-corrected chi connectivity index (χ0v) is 13.3. The van der Waals surface area contributed by atoms with Crippen molar-refractivity contribution >= 4 is 34.8 Å². The molecule has 3 rings (SSSR count). The predicted octanol–water partition coefficient (Wildman–Crippen LogP) is 2.28. The van der Waals surface area contributed by atoms with Crippen molar-refractivity contribution < 1.29 is 14.3 Å². The van der Waals surface area contributed by atoms with Crippen LogP contribution in [-0.4, -0.2) is 27.2 Å². The molecule has 0 saturated carbocycles. The minimum Gasteiger partial charge on any atom is -0.466 e. The average Bonchev–Trinajstić information content (AvgIpc) is 2.96. The molecule has 0 aliphatic carbocycles. The summed E-state index contributed by atoms with van der Waals surface area (Å²) in [6.45, 7) is 4.03. The van der Waals surface area contributed by atoms with E-state index in [1.807, 2.05) is 6.92 Å². The quantitative estimate of drug-likeness (QED) is 0.843. The Bertz CT molecular complexity index is 789. The Balaban J connectivity index is 1.84. The molecule has 120 valence electrons. The van der Waals surface area contributed by atoms with Crippen LogP contribution < -0.4 is 15.4 Å². The molecule has 23 heavy (non-hydrogen) atoms. The Morgan fingerprint density at radius 1 is 1.52 bits per heavy atom. The Labute approximate surface area is 137 Å². The van der Waals surface area contributed by atoms with Crippen LogP contribution in [0.2, 0.25) is 5.02 Å². The molecule has 1 aromatic carbocycles. The fraction of sp³-hybridized carbons (Fsp3) is 0.267. The number of aryl methyl sites for hydroxylation is 1. The van der Waals surface area contributed by atoms with Crippen LogP contribution in [0.3, 0.4) is 0 Å². The predicted molar refractivity (Wildman–Crippen MR) is 85.6 cm³/mol. The molecule has 2 amide bonds. The number of anilines is 2. The highest BCUT2D eigenvalue weighted by Crippen LogP contribution is 2.35. The van der Waals surface area contributed by atoms with Gasteiger partial charge < -0.3 is 15.4 Å². The Hall–Kier alpha value is -2.54. The summed E-state index contributed by atoms with van der Waals surface area (Å²) in [7, 11) is 0. The van der Waals surface area contributed by atoms with Gasteiger partial charge in [0.2, 0.25) is 0 Å². The maximum absolute atomic E-state index is 12.5. The smallest absolute Gasteiger partial charge is 0.278 e. The normalized spacial score (nSPS) is 19.5. The lowest BCUT2D eigenvalue weighted by atomic mass is 10.0. The number of carbonyl (C=O) groups is 2. The molecule has 1 aliphatic heterocycles. The van der Waals surface area contributed by atoms with E-state index in [0.29, 0.717) is 28.7 Å². The zero-order chi connectivity index (χ0) is 16.6. The fourth-order valence-electron chi connectivity index (χ4n) is 2.20. The van der Waals surface area contributed by atoms with E-state index >= 15 is 0 Å². The Morgan fingerprint density at radius 2 is 2.30 bits per heavy atom. The van der Waals surface area contributed by atoms with Crippen molar-refractivity contribution in [3.8, 4) is 5.75 Å². The Morgan fingerprint density at radius 3 is 3.00 bits per heavy atom. The third-order valence-electron chi connectivity index (χ3n) is 3.59. The molecule has 7 nitrogen and oxygen atoms in total. The first-order valence-corrected chi connectivity index (χ1v) is 7.44. The number of amides is 2. The maximum Gasteiger partial charge on any atom is 0.278 e. The highest BCUT2D eigenvalue weighted by Gasteiger charge is 2.47. The van der Waals surface area contributed by atoms with E-state index in [1.165, 1.54) is 13.1 Å². The molecule has 1 atom stereocenters. The van der Waals surface area contributed by atoms with Gasteiger partial charge in [-0.2, -0.15) is 5.10 Å². The largest absolute Gasteiger partial charge is 0.466 e. The standard InChI is InChI=1S/C15H15ClN4O3/c1-3-20-8-10(7-17-20)18-13(21)15(2)14(22)19-11-6-9(16)4-5-12(11)23-15/h4-8H,3H2,1-2H3,(H,18,21)(H,19,22)/t15-/m0/s1. The number of nitrogens with zero attached hydrogens (tertiary/aromatic N) is 2. The molecule has 2 heterocycles. The lowest BCUT2D eigenvalue weighted by Gasteiger charge is -2.33. The van der Waals surface area contributed by atoms with E-state index in [1.54, 1.807) is 29.1 Å². The fourth-order valence-corrected chi connectivity index (χ4v) is 2.37. The topological polar surface area (TPSA) is 85.3 Å². The van der Waals surface area contributed by atoms with Crippen LogP contribution in [-0.2, 0) is 16.1 Å². The molecule has 0 fully saturated rings. The maximum atomic E-state index is 12.5. The highest BCUT2D eigenvalue weighted by atomic mass is 35.5. The van der Waals surface area contributed by atoms with Crippen molar-refractivity contribution in [1.29, 1.82) is 0 Å². The monoisotopic (exact) mass is 334 g/mol. The highest BCUT2D eigenvalue weighted by molar-refractivity contribution is 6.31. The van der Waals surface area contributed by atoms with Crippen LogP contribution in [0.4, 0.5) is 11.4 Å². The van der Waals surface area contributed by atoms with Crippen molar-refractivity contribution in [1.82, 2.24) is 9.78 Å². The van der Waals surface area contributed by atoms with Crippen LogP contribution in [0.15, 0.2) is 30.6 Å². The number of hydrogen-bond donors (Lipinski definition) is 2. The van der Waals surface area contributed by atoms with Crippen LogP contribution in [0, 0.1) is 0 Å². The second-order valence-electron chi connectivity index (χ2n) is 5.27. The van der Waals surface area contributed by atoms with Gasteiger partial charge in [0.1, 0.15) is 5.75 Å². The number of carbonyl (C=O) groups excluding carboxylic acids is 2.